The number of carbonyl (C=O) groups is 1. The molecule has 170 valence electrons. The summed E-state index contributed by atoms with van der Waals surface area (Å²) in [6.45, 7) is 0.530. The van der Waals surface area contributed by atoms with Crippen LogP contribution in [0.15, 0.2) is 71.9 Å². The Morgan fingerprint density at radius 2 is 1.97 bits per heavy atom. The van der Waals surface area contributed by atoms with Gasteiger partial charge in [0.1, 0.15) is 11.6 Å². The minimum absolute atomic E-state index is 0.0591. The first-order valence-corrected chi connectivity index (χ1v) is 11.2. The van der Waals surface area contributed by atoms with Gasteiger partial charge in [0.05, 0.1) is 26.5 Å². The minimum atomic E-state index is -0.536. The molecule has 2 heterocycles. The molecular formula is C25H21N5O3S. The molecule has 1 amide bonds. The van der Waals surface area contributed by atoms with E-state index in [2.05, 4.69) is 10.3 Å². The van der Waals surface area contributed by atoms with Crippen LogP contribution in [0.5, 0.6) is 11.5 Å². The lowest BCUT2D eigenvalue weighted by molar-refractivity contribution is -0.112. The molecule has 9 heteroatoms. The fraction of sp³-hybridized carbons (Fsp3) is 0.120. The van der Waals surface area contributed by atoms with Crippen molar-refractivity contribution in [3.63, 3.8) is 0 Å². The maximum Gasteiger partial charge on any atom is 0.268 e. The highest BCUT2D eigenvalue weighted by atomic mass is 32.1. The number of carbonyl (C=O) groups excluding carboxylic acids is 1. The molecule has 0 bridgehead atoms. The third-order valence-electron chi connectivity index (χ3n) is 4.95. The fourth-order valence-corrected chi connectivity index (χ4v) is 3.88. The van der Waals surface area contributed by atoms with Crippen LogP contribution < -0.4 is 14.8 Å². The number of nitriles is 1. The number of rotatable bonds is 8. The quantitative estimate of drug-likeness (QED) is 0.297. The van der Waals surface area contributed by atoms with E-state index >= 15 is 0 Å². The second-order valence-electron chi connectivity index (χ2n) is 7.15. The van der Waals surface area contributed by atoms with Crippen molar-refractivity contribution in [1.29, 1.82) is 5.26 Å². The summed E-state index contributed by atoms with van der Waals surface area (Å²) in [5, 5.41) is 19.2. The van der Waals surface area contributed by atoms with Gasteiger partial charge in [-0.1, -0.05) is 30.3 Å². The Labute approximate surface area is 200 Å². The van der Waals surface area contributed by atoms with E-state index in [4.69, 9.17) is 14.6 Å². The summed E-state index contributed by atoms with van der Waals surface area (Å²) in [5.41, 5.74) is 2.99. The number of methoxy groups -OCH3 is 2. The molecule has 0 atom stereocenters. The summed E-state index contributed by atoms with van der Waals surface area (Å²) >= 11 is 1.28. The van der Waals surface area contributed by atoms with E-state index in [1.54, 1.807) is 36.5 Å². The largest absolute Gasteiger partial charge is 0.493 e. The number of hydrogen-bond acceptors (Lipinski definition) is 7. The highest BCUT2D eigenvalue weighted by Gasteiger charge is 2.17. The van der Waals surface area contributed by atoms with E-state index < -0.39 is 5.91 Å². The fourth-order valence-electron chi connectivity index (χ4n) is 3.36. The molecule has 0 spiro atoms. The van der Waals surface area contributed by atoms with Crippen LogP contribution in [0, 0.1) is 11.3 Å². The van der Waals surface area contributed by atoms with Crippen molar-refractivity contribution in [2.45, 2.75) is 6.54 Å². The van der Waals surface area contributed by atoms with E-state index in [1.807, 2.05) is 54.7 Å². The number of aromatic nitrogens is 3. The van der Waals surface area contributed by atoms with E-state index in [1.165, 1.54) is 17.4 Å². The molecule has 4 aromatic rings. The summed E-state index contributed by atoms with van der Waals surface area (Å²) in [6, 6.07) is 17.3. The summed E-state index contributed by atoms with van der Waals surface area (Å²) in [7, 11) is 3.13. The summed E-state index contributed by atoms with van der Waals surface area (Å²) in [6.07, 6.45) is 4.93. The van der Waals surface area contributed by atoms with E-state index in [-0.39, 0.29) is 5.57 Å². The maximum absolute atomic E-state index is 12.7. The molecule has 0 fully saturated rings. The molecule has 0 aliphatic carbocycles. The number of amides is 1. The molecule has 0 saturated heterocycles. The number of nitrogens with one attached hydrogen (secondary N) is 1. The lowest BCUT2D eigenvalue weighted by atomic mass is 10.1. The smallest absolute Gasteiger partial charge is 0.268 e. The highest BCUT2D eigenvalue weighted by Crippen LogP contribution is 2.33. The Morgan fingerprint density at radius 3 is 2.65 bits per heavy atom. The first-order chi connectivity index (χ1) is 16.6. The molecule has 4 rings (SSSR count). The zero-order valence-electron chi connectivity index (χ0n) is 18.6. The number of anilines is 1. The predicted molar refractivity (Wildman–Crippen MR) is 131 cm³/mol. The summed E-state index contributed by atoms with van der Waals surface area (Å²) < 4.78 is 12.6. The van der Waals surface area contributed by atoms with Gasteiger partial charge in [0.15, 0.2) is 16.6 Å². The summed E-state index contributed by atoms with van der Waals surface area (Å²) in [5.74, 6) is 0.605. The molecule has 34 heavy (non-hydrogen) atoms. The van der Waals surface area contributed by atoms with Crippen molar-refractivity contribution in [1.82, 2.24) is 14.8 Å². The average molecular weight is 472 g/mol. The van der Waals surface area contributed by atoms with Gasteiger partial charge < -0.3 is 9.47 Å². The van der Waals surface area contributed by atoms with E-state index in [9.17, 15) is 10.1 Å². The molecule has 0 saturated carbocycles. The highest BCUT2D eigenvalue weighted by molar-refractivity contribution is 7.13. The van der Waals surface area contributed by atoms with Crippen molar-refractivity contribution >= 4 is 28.5 Å². The van der Waals surface area contributed by atoms with Gasteiger partial charge in [-0.3, -0.25) is 14.8 Å². The normalized spacial score (nSPS) is 11.0. The van der Waals surface area contributed by atoms with Crippen LogP contribution >= 0.6 is 11.3 Å². The number of hydrogen-bond donors (Lipinski definition) is 1. The minimum Gasteiger partial charge on any atom is -0.493 e. The van der Waals surface area contributed by atoms with Crippen molar-refractivity contribution in [2.24, 2.45) is 0 Å². The number of benzene rings is 2. The van der Waals surface area contributed by atoms with Gasteiger partial charge in [0, 0.05) is 28.9 Å². The predicted octanol–water partition coefficient (Wildman–Crippen LogP) is 4.62. The van der Waals surface area contributed by atoms with E-state index in [0.717, 1.165) is 11.1 Å². The van der Waals surface area contributed by atoms with Crippen molar-refractivity contribution in [3.05, 3.63) is 83.0 Å². The Morgan fingerprint density at radius 1 is 1.18 bits per heavy atom. The molecule has 2 aromatic carbocycles. The SMILES string of the molecule is COc1ccc(-c2nn(Cc3ccccc3)cc2C=C(C#N)C(=O)Nc2nccs2)cc1OC. The van der Waals surface area contributed by atoms with Gasteiger partial charge in [-0.2, -0.15) is 10.4 Å². The van der Waals surface area contributed by atoms with Crippen LogP contribution in [-0.2, 0) is 11.3 Å². The Balaban J connectivity index is 1.76. The van der Waals surface area contributed by atoms with Gasteiger partial charge in [0.2, 0.25) is 0 Å². The second kappa shape index (κ2) is 10.5. The number of thiazole rings is 1. The first-order valence-electron chi connectivity index (χ1n) is 10.3. The molecule has 0 unspecified atom stereocenters. The molecule has 8 nitrogen and oxygen atoms in total. The number of nitrogens with zero attached hydrogens (tertiary/aromatic N) is 4. The van der Waals surface area contributed by atoms with Crippen LogP contribution in [0.1, 0.15) is 11.1 Å². The molecule has 0 aliphatic heterocycles. The van der Waals surface area contributed by atoms with Crippen LogP contribution in [-0.4, -0.2) is 34.9 Å². The van der Waals surface area contributed by atoms with Crippen molar-refractivity contribution < 1.29 is 14.3 Å². The average Bonchev–Trinajstić information content (AvgIpc) is 3.52. The van der Waals surface area contributed by atoms with Crippen LogP contribution in [0.25, 0.3) is 17.3 Å². The Kier molecular flexibility index (Phi) is 7.01. The monoisotopic (exact) mass is 471 g/mol. The first kappa shape index (κ1) is 22.8. The Bertz CT molecular complexity index is 1360. The second-order valence-corrected chi connectivity index (χ2v) is 8.04. The third-order valence-corrected chi connectivity index (χ3v) is 5.64. The number of ether oxygens (including phenoxy) is 2. The maximum atomic E-state index is 12.7. The van der Waals surface area contributed by atoms with Crippen molar-refractivity contribution in [2.75, 3.05) is 19.5 Å². The zero-order chi connectivity index (χ0) is 23.9. The van der Waals surface area contributed by atoms with Gasteiger partial charge >= 0.3 is 0 Å². The van der Waals surface area contributed by atoms with Gasteiger partial charge in [-0.25, -0.2) is 4.98 Å². The molecular weight excluding hydrogens is 450 g/mol. The van der Waals surface area contributed by atoms with Gasteiger partial charge in [0.25, 0.3) is 5.91 Å². The Hall–Kier alpha value is -4.42. The van der Waals surface area contributed by atoms with Gasteiger partial charge in [-0.15, -0.1) is 11.3 Å². The van der Waals surface area contributed by atoms with Crippen LogP contribution in [0.3, 0.4) is 0 Å². The molecule has 2 aromatic heterocycles. The lowest BCUT2D eigenvalue weighted by Crippen LogP contribution is -2.13. The zero-order valence-corrected chi connectivity index (χ0v) is 19.4. The molecule has 0 radical (unpaired) electrons. The van der Waals surface area contributed by atoms with E-state index in [0.29, 0.717) is 34.4 Å². The molecule has 0 aliphatic rings. The molecule has 1 N–H and O–H groups in total. The third kappa shape index (κ3) is 5.14. The standard InChI is InChI=1S/C25H21N5O3S/c1-32-21-9-8-18(13-22(21)33-2)23-20(16-30(29-23)15-17-6-4-3-5-7-17)12-19(14-26)24(31)28-25-27-10-11-34-25/h3-13,16H,15H2,1-2H3,(H,27,28,31). The lowest BCUT2D eigenvalue weighted by Gasteiger charge is -2.09. The summed E-state index contributed by atoms with van der Waals surface area (Å²) in [4.78, 5) is 16.7. The van der Waals surface area contributed by atoms with Crippen LogP contribution in [0.2, 0.25) is 0 Å². The van der Waals surface area contributed by atoms with Crippen molar-refractivity contribution in [3.8, 4) is 28.8 Å². The van der Waals surface area contributed by atoms with Crippen LogP contribution in [0.4, 0.5) is 5.13 Å². The van der Waals surface area contributed by atoms with Gasteiger partial charge in [-0.05, 0) is 29.8 Å². The topological polar surface area (TPSA) is 102 Å².